The summed E-state index contributed by atoms with van der Waals surface area (Å²) in [4.78, 5) is 8.54. The van der Waals surface area contributed by atoms with Crippen molar-refractivity contribution >= 4 is 11.6 Å². The van der Waals surface area contributed by atoms with Gasteiger partial charge in [0.15, 0.2) is 0 Å². The molecule has 4 nitrogen and oxygen atoms in total. The summed E-state index contributed by atoms with van der Waals surface area (Å²) in [5.74, 6) is 2.66. The third-order valence-corrected chi connectivity index (χ3v) is 3.66. The van der Waals surface area contributed by atoms with Gasteiger partial charge in [0.05, 0.1) is 0 Å². The minimum absolute atomic E-state index is 0.512. The van der Waals surface area contributed by atoms with Gasteiger partial charge in [-0.2, -0.15) is 0 Å². The molecule has 0 spiro atoms. The molecule has 0 bridgehead atoms. The molecule has 0 radical (unpaired) electrons. The Morgan fingerprint density at radius 1 is 1.29 bits per heavy atom. The highest BCUT2D eigenvalue weighted by Gasteiger charge is 2.45. The van der Waals surface area contributed by atoms with Crippen molar-refractivity contribution in [2.24, 2.45) is 11.3 Å². The number of anilines is 2. The summed E-state index contributed by atoms with van der Waals surface area (Å²) in [6, 6.07) is 0. The molecule has 1 aliphatic rings. The molecular weight excluding hydrogens is 212 g/mol. The fourth-order valence-corrected chi connectivity index (χ4v) is 2.12. The summed E-state index contributed by atoms with van der Waals surface area (Å²) < 4.78 is 0. The minimum Gasteiger partial charge on any atom is -0.370 e. The van der Waals surface area contributed by atoms with E-state index in [2.05, 4.69) is 48.3 Å². The lowest BCUT2D eigenvalue weighted by atomic mass is 10.1. The fourth-order valence-electron chi connectivity index (χ4n) is 2.12. The maximum Gasteiger partial charge on any atom is 0.134 e. The van der Waals surface area contributed by atoms with Crippen LogP contribution in [0.15, 0.2) is 6.33 Å². The summed E-state index contributed by atoms with van der Waals surface area (Å²) >= 11 is 0. The Labute approximate surface area is 103 Å². The zero-order chi connectivity index (χ0) is 12.5. The Kier molecular flexibility index (Phi) is 3.22. The van der Waals surface area contributed by atoms with Crippen LogP contribution in [0.4, 0.5) is 11.6 Å². The molecule has 1 aromatic heterocycles. The first-order valence-corrected chi connectivity index (χ1v) is 6.34. The third kappa shape index (κ3) is 2.68. The van der Waals surface area contributed by atoms with Gasteiger partial charge in [0.25, 0.3) is 0 Å². The molecule has 1 fully saturated rings. The number of rotatable bonds is 5. The highest BCUT2D eigenvalue weighted by Crippen LogP contribution is 2.51. The number of nitrogens with zero attached hydrogens (tertiary/aromatic N) is 2. The second-order valence-corrected chi connectivity index (χ2v) is 5.50. The monoisotopic (exact) mass is 234 g/mol. The van der Waals surface area contributed by atoms with Crippen molar-refractivity contribution < 1.29 is 0 Å². The first-order chi connectivity index (χ1) is 8.04. The van der Waals surface area contributed by atoms with Crippen molar-refractivity contribution in [1.82, 2.24) is 9.97 Å². The van der Waals surface area contributed by atoms with E-state index in [9.17, 15) is 0 Å². The summed E-state index contributed by atoms with van der Waals surface area (Å²) in [5, 5.41) is 6.68. The molecule has 2 N–H and O–H groups in total. The van der Waals surface area contributed by atoms with Gasteiger partial charge in [-0.25, -0.2) is 9.97 Å². The number of hydrogen-bond acceptors (Lipinski definition) is 4. The van der Waals surface area contributed by atoms with Crippen LogP contribution in [0, 0.1) is 18.3 Å². The van der Waals surface area contributed by atoms with Crippen LogP contribution < -0.4 is 10.6 Å². The zero-order valence-electron chi connectivity index (χ0n) is 11.2. The lowest BCUT2D eigenvalue weighted by Gasteiger charge is -2.12. The Hall–Kier alpha value is -1.32. The van der Waals surface area contributed by atoms with Gasteiger partial charge in [-0.3, -0.25) is 0 Å². The van der Waals surface area contributed by atoms with Crippen molar-refractivity contribution in [3.05, 3.63) is 11.9 Å². The molecular formula is C13H22N4. The lowest BCUT2D eigenvalue weighted by Crippen LogP contribution is -2.11. The van der Waals surface area contributed by atoms with E-state index >= 15 is 0 Å². The molecule has 0 amide bonds. The molecule has 17 heavy (non-hydrogen) atoms. The van der Waals surface area contributed by atoms with E-state index in [1.165, 1.54) is 6.42 Å². The van der Waals surface area contributed by atoms with E-state index in [4.69, 9.17) is 0 Å². The second-order valence-electron chi connectivity index (χ2n) is 5.50. The SMILES string of the molecule is CCNc1ncnc(NCC2CC2(C)C)c1C. The van der Waals surface area contributed by atoms with Crippen LogP contribution in [0.5, 0.6) is 0 Å². The standard InChI is InChI=1S/C13H22N4/c1-5-14-11-9(2)12(17-8-16-11)15-7-10-6-13(10,3)4/h8,10H,5-7H2,1-4H3,(H2,14,15,16,17). The summed E-state index contributed by atoms with van der Waals surface area (Å²) in [5.41, 5.74) is 1.62. The predicted molar refractivity (Wildman–Crippen MR) is 71.3 cm³/mol. The van der Waals surface area contributed by atoms with E-state index in [1.54, 1.807) is 6.33 Å². The number of hydrogen-bond donors (Lipinski definition) is 2. The first-order valence-electron chi connectivity index (χ1n) is 6.34. The smallest absolute Gasteiger partial charge is 0.134 e. The van der Waals surface area contributed by atoms with Crippen molar-refractivity contribution in [2.75, 3.05) is 23.7 Å². The Balaban J connectivity index is 1.98. The molecule has 2 rings (SSSR count). The molecule has 1 atom stereocenters. The van der Waals surface area contributed by atoms with Crippen molar-refractivity contribution in [3.63, 3.8) is 0 Å². The first kappa shape index (κ1) is 12.1. The molecule has 1 heterocycles. The molecule has 94 valence electrons. The normalized spacial score (nSPS) is 21.1. The summed E-state index contributed by atoms with van der Waals surface area (Å²) in [6.07, 6.45) is 2.93. The van der Waals surface area contributed by atoms with Crippen molar-refractivity contribution in [2.45, 2.75) is 34.1 Å². The van der Waals surface area contributed by atoms with E-state index in [0.717, 1.165) is 36.2 Å². The Morgan fingerprint density at radius 2 is 1.88 bits per heavy atom. The quantitative estimate of drug-likeness (QED) is 0.822. The summed E-state index contributed by atoms with van der Waals surface area (Å²) in [6.45, 7) is 10.6. The Bertz CT molecular complexity index is 400. The Morgan fingerprint density at radius 3 is 2.41 bits per heavy atom. The van der Waals surface area contributed by atoms with Crippen LogP contribution in [0.3, 0.4) is 0 Å². The second kappa shape index (κ2) is 4.51. The van der Waals surface area contributed by atoms with Crippen molar-refractivity contribution in [3.8, 4) is 0 Å². The van der Waals surface area contributed by atoms with Crippen LogP contribution in [0.2, 0.25) is 0 Å². The largest absolute Gasteiger partial charge is 0.370 e. The number of aromatic nitrogens is 2. The van der Waals surface area contributed by atoms with Gasteiger partial charge in [-0.1, -0.05) is 13.8 Å². The van der Waals surface area contributed by atoms with Crippen LogP contribution in [-0.4, -0.2) is 23.1 Å². The number of nitrogens with one attached hydrogen (secondary N) is 2. The molecule has 4 heteroatoms. The van der Waals surface area contributed by atoms with Gasteiger partial charge >= 0.3 is 0 Å². The molecule has 0 aliphatic heterocycles. The third-order valence-electron chi connectivity index (χ3n) is 3.66. The lowest BCUT2D eigenvalue weighted by molar-refractivity contribution is 0.572. The molecule has 0 aromatic carbocycles. The van der Waals surface area contributed by atoms with Gasteiger partial charge < -0.3 is 10.6 Å². The van der Waals surface area contributed by atoms with E-state index in [0.29, 0.717) is 5.41 Å². The predicted octanol–water partition coefficient (Wildman–Crippen LogP) is 2.67. The van der Waals surface area contributed by atoms with Crippen LogP contribution in [-0.2, 0) is 0 Å². The van der Waals surface area contributed by atoms with Crippen molar-refractivity contribution in [1.29, 1.82) is 0 Å². The van der Waals surface area contributed by atoms with Crippen LogP contribution in [0.25, 0.3) is 0 Å². The highest BCUT2D eigenvalue weighted by atomic mass is 15.1. The average Bonchev–Trinajstić information content (AvgIpc) is 2.88. The van der Waals surface area contributed by atoms with E-state index in [1.807, 2.05) is 0 Å². The minimum atomic E-state index is 0.512. The van der Waals surface area contributed by atoms with Gasteiger partial charge in [0.2, 0.25) is 0 Å². The molecule has 0 saturated heterocycles. The van der Waals surface area contributed by atoms with Gasteiger partial charge in [0, 0.05) is 18.7 Å². The van der Waals surface area contributed by atoms with Gasteiger partial charge in [0.1, 0.15) is 18.0 Å². The fraction of sp³-hybridized carbons (Fsp3) is 0.692. The van der Waals surface area contributed by atoms with Gasteiger partial charge in [-0.05, 0) is 31.6 Å². The zero-order valence-corrected chi connectivity index (χ0v) is 11.2. The maximum absolute atomic E-state index is 4.31. The van der Waals surface area contributed by atoms with E-state index in [-0.39, 0.29) is 0 Å². The molecule has 1 saturated carbocycles. The average molecular weight is 234 g/mol. The van der Waals surface area contributed by atoms with E-state index < -0.39 is 0 Å². The molecule has 1 aliphatic carbocycles. The van der Waals surface area contributed by atoms with Gasteiger partial charge in [-0.15, -0.1) is 0 Å². The van der Waals surface area contributed by atoms with Crippen LogP contribution >= 0.6 is 0 Å². The van der Waals surface area contributed by atoms with Crippen LogP contribution in [0.1, 0.15) is 32.8 Å². The maximum atomic E-state index is 4.31. The molecule has 1 aromatic rings. The summed E-state index contributed by atoms with van der Waals surface area (Å²) in [7, 11) is 0. The molecule has 1 unspecified atom stereocenters. The highest BCUT2D eigenvalue weighted by molar-refractivity contribution is 5.56. The topological polar surface area (TPSA) is 49.8 Å².